The molecule has 4 nitrogen and oxygen atoms in total. The van der Waals surface area contributed by atoms with Crippen LogP contribution < -0.4 is 0 Å². The Labute approximate surface area is 120 Å². The molecular formula is C16H24O4. The maximum absolute atomic E-state index is 12.1. The summed E-state index contributed by atoms with van der Waals surface area (Å²) in [6.07, 6.45) is 7.82. The lowest BCUT2D eigenvalue weighted by atomic mass is 9.84. The van der Waals surface area contributed by atoms with E-state index < -0.39 is 23.6 Å². The summed E-state index contributed by atoms with van der Waals surface area (Å²) in [6, 6.07) is 0. The molecule has 1 unspecified atom stereocenters. The van der Waals surface area contributed by atoms with Gasteiger partial charge in [0.05, 0.1) is 0 Å². The predicted molar refractivity (Wildman–Crippen MR) is 77.1 cm³/mol. The molecule has 1 aliphatic carbocycles. The standard InChI is InChI=1S/C16H24O4/c1-5-9-16(10-7-6-8-11-16)20-15(18)13(4)19-14(17)12(2)3/h5,9,13H,2,6-8,10-11H2,1,3-4H3/b9-5+. The average Bonchev–Trinajstić information content (AvgIpc) is 2.39. The normalized spacial score (nSPS) is 19.4. The Balaban J connectivity index is 2.66. The smallest absolute Gasteiger partial charge is 0.348 e. The van der Waals surface area contributed by atoms with Crippen LogP contribution in [0.5, 0.6) is 0 Å². The highest BCUT2D eigenvalue weighted by Gasteiger charge is 2.35. The van der Waals surface area contributed by atoms with Gasteiger partial charge in [0, 0.05) is 5.57 Å². The predicted octanol–water partition coefficient (Wildman–Crippen LogP) is 3.32. The minimum atomic E-state index is -0.914. The molecule has 112 valence electrons. The van der Waals surface area contributed by atoms with Gasteiger partial charge in [-0.1, -0.05) is 19.1 Å². The fraction of sp³-hybridized carbons (Fsp3) is 0.625. The summed E-state index contributed by atoms with van der Waals surface area (Å²) in [4.78, 5) is 23.5. The van der Waals surface area contributed by atoms with Crippen LogP contribution in [0.25, 0.3) is 0 Å². The molecule has 1 rings (SSSR count). The Morgan fingerprint density at radius 1 is 1.25 bits per heavy atom. The van der Waals surface area contributed by atoms with Crippen LogP contribution in [0, 0.1) is 0 Å². The van der Waals surface area contributed by atoms with Gasteiger partial charge in [0.25, 0.3) is 0 Å². The summed E-state index contributed by atoms with van der Waals surface area (Å²) in [5.74, 6) is -1.07. The summed E-state index contributed by atoms with van der Waals surface area (Å²) in [5, 5.41) is 0. The van der Waals surface area contributed by atoms with Crippen molar-refractivity contribution in [2.75, 3.05) is 0 Å². The maximum Gasteiger partial charge on any atom is 0.348 e. The first-order valence-electron chi connectivity index (χ1n) is 7.13. The van der Waals surface area contributed by atoms with Crippen LogP contribution in [0.4, 0.5) is 0 Å². The third-order valence-electron chi connectivity index (χ3n) is 3.44. The molecular weight excluding hydrogens is 256 g/mol. The number of carbonyl (C=O) groups is 2. The first-order chi connectivity index (χ1) is 9.40. The lowest BCUT2D eigenvalue weighted by Gasteiger charge is -2.34. The summed E-state index contributed by atoms with van der Waals surface area (Å²) >= 11 is 0. The quantitative estimate of drug-likeness (QED) is 0.440. The molecule has 4 heteroatoms. The first-order valence-corrected chi connectivity index (χ1v) is 7.13. The van der Waals surface area contributed by atoms with Crippen molar-refractivity contribution in [3.05, 3.63) is 24.3 Å². The van der Waals surface area contributed by atoms with Crippen molar-refractivity contribution in [3.8, 4) is 0 Å². The van der Waals surface area contributed by atoms with Gasteiger partial charge < -0.3 is 9.47 Å². The first kappa shape index (κ1) is 16.5. The molecule has 0 amide bonds. The van der Waals surface area contributed by atoms with Gasteiger partial charge in [-0.2, -0.15) is 0 Å². The molecule has 1 saturated carbocycles. The van der Waals surface area contributed by atoms with Gasteiger partial charge in [0.2, 0.25) is 0 Å². The third kappa shape index (κ3) is 4.51. The molecule has 0 radical (unpaired) electrons. The van der Waals surface area contributed by atoms with Gasteiger partial charge in [0.15, 0.2) is 6.10 Å². The van der Waals surface area contributed by atoms with Crippen molar-refractivity contribution >= 4 is 11.9 Å². The lowest BCUT2D eigenvalue weighted by molar-refractivity contribution is -0.174. The highest BCUT2D eigenvalue weighted by molar-refractivity contribution is 5.89. The van der Waals surface area contributed by atoms with Crippen LogP contribution in [0.15, 0.2) is 24.3 Å². The topological polar surface area (TPSA) is 52.6 Å². The van der Waals surface area contributed by atoms with Crippen LogP contribution >= 0.6 is 0 Å². The van der Waals surface area contributed by atoms with Crippen LogP contribution in [0.3, 0.4) is 0 Å². The molecule has 1 fully saturated rings. The molecule has 1 aliphatic rings. The van der Waals surface area contributed by atoms with E-state index >= 15 is 0 Å². The van der Waals surface area contributed by atoms with E-state index in [0.717, 1.165) is 32.1 Å². The van der Waals surface area contributed by atoms with E-state index in [1.54, 1.807) is 6.92 Å². The van der Waals surface area contributed by atoms with Crippen LogP contribution in [0.2, 0.25) is 0 Å². The minimum Gasteiger partial charge on any atom is -0.452 e. The second-order valence-electron chi connectivity index (χ2n) is 5.37. The Bertz CT molecular complexity index is 403. The van der Waals surface area contributed by atoms with E-state index in [-0.39, 0.29) is 5.57 Å². The average molecular weight is 280 g/mol. The number of hydrogen-bond acceptors (Lipinski definition) is 4. The molecule has 0 bridgehead atoms. The van der Waals surface area contributed by atoms with E-state index in [9.17, 15) is 9.59 Å². The number of hydrogen-bond donors (Lipinski definition) is 0. The second kappa shape index (κ2) is 7.27. The summed E-state index contributed by atoms with van der Waals surface area (Å²) in [6.45, 7) is 8.47. The number of rotatable bonds is 5. The fourth-order valence-corrected chi connectivity index (χ4v) is 2.35. The molecule has 0 spiro atoms. The zero-order valence-corrected chi connectivity index (χ0v) is 12.6. The number of ether oxygens (including phenoxy) is 2. The summed E-state index contributed by atoms with van der Waals surface area (Å²) in [5.41, 5.74) is -0.265. The highest BCUT2D eigenvalue weighted by Crippen LogP contribution is 2.33. The van der Waals surface area contributed by atoms with Gasteiger partial charge in [-0.15, -0.1) is 0 Å². The van der Waals surface area contributed by atoms with Gasteiger partial charge in [-0.05, 0) is 52.5 Å². The molecule has 0 aliphatic heterocycles. The summed E-state index contributed by atoms with van der Waals surface area (Å²) in [7, 11) is 0. The van der Waals surface area contributed by atoms with Crippen molar-refractivity contribution in [3.63, 3.8) is 0 Å². The van der Waals surface area contributed by atoms with Crippen LogP contribution in [-0.2, 0) is 19.1 Å². The lowest BCUT2D eigenvalue weighted by Crippen LogP contribution is -2.39. The van der Waals surface area contributed by atoms with E-state index in [1.165, 1.54) is 6.92 Å². The van der Waals surface area contributed by atoms with Gasteiger partial charge in [0.1, 0.15) is 5.60 Å². The molecule has 1 atom stereocenters. The molecule has 0 saturated heterocycles. The van der Waals surface area contributed by atoms with E-state index in [4.69, 9.17) is 9.47 Å². The number of esters is 2. The molecule has 0 aromatic heterocycles. The number of allylic oxidation sites excluding steroid dienone is 1. The van der Waals surface area contributed by atoms with Crippen molar-refractivity contribution < 1.29 is 19.1 Å². The molecule has 20 heavy (non-hydrogen) atoms. The van der Waals surface area contributed by atoms with Crippen molar-refractivity contribution in [2.45, 2.75) is 64.6 Å². The highest BCUT2D eigenvalue weighted by atomic mass is 16.6. The Morgan fingerprint density at radius 3 is 2.35 bits per heavy atom. The van der Waals surface area contributed by atoms with E-state index in [0.29, 0.717) is 0 Å². The van der Waals surface area contributed by atoms with Crippen molar-refractivity contribution in [2.24, 2.45) is 0 Å². The van der Waals surface area contributed by atoms with Crippen molar-refractivity contribution in [1.29, 1.82) is 0 Å². The monoisotopic (exact) mass is 280 g/mol. The van der Waals surface area contributed by atoms with E-state index in [1.807, 2.05) is 19.1 Å². The largest absolute Gasteiger partial charge is 0.452 e. The Kier molecular flexibility index (Phi) is 5.99. The molecule has 0 N–H and O–H groups in total. The fourth-order valence-electron chi connectivity index (χ4n) is 2.35. The van der Waals surface area contributed by atoms with Crippen LogP contribution in [-0.4, -0.2) is 23.6 Å². The van der Waals surface area contributed by atoms with Crippen molar-refractivity contribution in [1.82, 2.24) is 0 Å². The van der Waals surface area contributed by atoms with Crippen LogP contribution in [0.1, 0.15) is 52.9 Å². The molecule has 0 heterocycles. The number of carbonyl (C=O) groups excluding carboxylic acids is 2. The van der Waals surface area contributed by atoms with Gasteiger partial charge in [-0.25, -0.2) is 9.59 Å². The van der Waals surface area contributed by atoms with E-state index in [2.05, 4.69) is 6.58 Å². The minimum absolute atomic E-state index is 0.269. The zero-order chi connectivity index (χ0) is 15.2. The maximum atomic E-state index is 12.1. The van der Waals surface area contributed by atoms with Gasteiger partial charge >= 0.3 is 11.9 Å². The SMILES string of the molecule is C=C(C)C(=O)OC(C)C(=O)OC1(/C=C/C)CCCCC1. The van der Waals surface area contributed by atoms with Gasteiger partial charge in [-0.3, -0.25) is 0 Å². The molecule has 0 aromatic rings. The zero-order valence-electron chi connectivity index (χ0n) is 12.6. The second-order valence-corrected chi connectivity index (χ2v) is 5.37. The Morgan fingerprint density at radius 2 is 1.85 bits per heavy atom. The Hall–Kier alpha value is -1.58. The third-order valence-corrected chi connectivity index (χ3v) is 3.44. The molecule has 0 aromatic carbocycles. The summed E-state index contributed by atoms with van der Waals surface area (Å²) < 4.78 is 10.6.